The number of aromatic nitrogens is 3. The van der Waals surface area contributed by atoms with Gasteiger partial charge in [0, 0.05) is 12.6 Å². The number of fused-ring (bicyclic) bond motifs is 2. The minimum atomic E-state index is -0.613. The number of hydrazine groups is 1. The third kappa shape index (κ3) is 9.83. The highest BCUT2D eigenvalue weighted by molar-refractivity contribution is 6.00. The molecule has 0 saturated heterocycles. The highest BCUT2D eigenvalue weighted by Crippen LogP contribution is 2.34. The van der Waals surface area contributed by atoms with E-state index < -0.39 is 23.4 Å². The number of nitrogens with zero attached hydrogens (tertiary/aromatic N) is 6. The molecule has 1 aliphatic rings. The number of benzene rings is 3. The van der Waals surface area contributed by atoms with Crippen LogP contribution in [0.5, 0.6) is 5.75 Å². The zero-order valence-corrected chi connectivity index (χ0v) is 32.1. The van der Waals surface area contributed by atoms with E-state index in [9.17, 15) is 19.2 Å². The number of hydrogen-bond donors (Lipinski definition) is 3. The van der Waals surface area contributed by atoms with Crippen molar-refractivity contribution < 1.29 is 33.4 Å². The first-order chi connectivity index (χ1) is 26.8. The molecular formula is C40H45N9O7. The third-order valence-corrected chi connectivity index (χ3v) is 8.16. The van der Waals surface area contributed by atoms with E-state index in [0.717, 1.165) is 16.2 Å². The number of rotatable bonds is 11. The average molecular weight is 764 g/mol. The van der Waals surface area contributed by atoms with Crippen molar-refractivity contribution in [3.63, 3.8) is 0 Å². The van der Waals surface area contributed by atoms with Crippen LogP contribution >= 0.6 is 0 Å². The number of amides is 2. The van der Waals surface area contributed by atoms with Crippen LogP contribution in [0.3, 0.4) is 0 Å². The first-order valence-electron chi connectivity index (χ1n) is 17.8. The van der Waals surface area contributed by atoms with E-state index in [1.54, 1.807) is 98.5 Å². The molecule has 16 heteroatoms. The van der Waals surface area contributed by atoms with Crippen molar-refractivity contribution in [2.75, 3.05) is 18.6 Å². The van der Waals surface area contributed by atoms with E-state index in [-0.39, 0.29) is 49.4 Å². The van der Waals surface area contributed by atoms with Crippen LogP contribution in [0.4, 0.5) is 5.69 Å². The Kier molecular flexibility index (Phi) is 12.7. The fourth-order valence-electron chi connectivity index (χ4n) is 5.56. The Morgan fingerprint density at radius 2 is 1.57 bits per heavy atom. The lowest BCUT2D eigenvalue weighted by Gasteiger charge is -2.30. The van der Waals surface area contributed by atoms with E-state index in [1.165, 1.54) is 23.9 Å². The van der Waals surface area contributed by atoms with Gasteiger partial charge in [-0.1, -0.05) is 44.2 Å². The van der Waals surface area contributed by atoms with Crippen LogP contribution < -0.4 is 26.5 Å². The topological polar surface area (TPSA) is 209 Å². The smallest absolute Gasteiger partial charge is 0.338 e. The van der Waals surface area contributed by atoms with Gasteiger partial charge in [0.05, 0.1) is 43.2 Å². The van der Waals surface area contributed by atoms with Crippen LogP contribution in [0.15, 0.2) is 90.2 Å². The number of carbonyl (C=O) groups excluding carboxylic acids is 4. The summed E-state index contributed by atoms with van der Waals surface area (Å²) in [7, 11) is 1.31. The first kappa shape index (κ1) is 40.4. The van der Waals surface area contributed by atoms with Gasteiger partial charge < -0.3 is 30.2 Å². The molecule has 292 valence electrons. The molecule has 56 heavy (non-hydrogen) atoms. The summed E-state index contributed by atoms with van der Waals surface area (Å²) in [5.74, 6) is 5.08. The number of hydrazone groups is 1. The molecule has 0 atom stereocenters. The Balaban J connectivity index is 0.00000295. The maximum absolute atomic E-state index is 13.4. The number of anilines is 1. The molecule has 0 spiro atoms. The molecule has 0 radical (unpaired) electrons. The number of amidine groups is 1. The van der Waals surface area contributed by atoms with Gasteiger partial charge in [-0.25, -0.2) is 30.0 Å². The number of methoxy groups -OCH3 is 1. The molecule has 0 aliphatic carbocycles. The van der Waals surface area contributed by atoms with Crippen LogP contribution in [-0.2, 0) is 33.9 Å². The fraction of sp³-hybridized carbons (Fsp3) is 0.275. The van der Waals surface area contributed by atoms with Gasteiger partial charge in [0.25, 0.3) is 11.8 Å². The molecule has 0 fully saturated rings. The van der Waals surface area contributed by atoms with Crippen molar-refractivity contribution >= 4 is 40.9 Å². The molecule has 0 unspecified atom stereocenters. The lowest BCUT2D eigenvalue weighted by molar-refractivity contribution is -0.121. The summed E-state index contributed by atoms with van der Waals surface area (Å²) in [5, 5.41) is 12.6. The Hall–Kier alpha value is -6.81. The van der Waals surface area contributed by atoms with Crippen LogP contribution in [0.1, 0.15) is 88.2 Å². The van der Waals surface area contributed by atoms with Gasteiger partial charge in [-0.15, -0.1) is 5.10 Å². The number of carbonyl (C=O) groups is 4. The Morgan fingerprint density at radius 3 is 2.23 bits per heavy atom. The predicted octanol–water partition coefficient (Wildman–Crippen LogP) is 4.35. The third-order valence-electron chi connectivity index (χ3n) is 8.16. The first-order valence-corrected chi connectivity index (χ1v) is 17.8. The van der Waals surface area contributed by atoms with Crippen molar-refractivity contribution in [2.24, 2.45) is 16.7 Å². The monoisotopic (exact) mass is 763 g/mol. The van der Waals surface area contributed by atoms with E-state index in [2.05, 4.69) is 20.5 Å². The molecule has 1 aliphatic heterocycles. The molecule has 16 nitrogen and oxygen atoms in total. The number of nitrogens with one attached hydrogen (secondary N) is 1. The summed E-state index contributed by atoms with van der Waals surface area (Å²) in [6.45, 7) is 9.79. The predicted molar refractivity (Wildman–Crippen MR) is 208 cm³/mol. The van der Waals surface area contributed by atoms with Crippen LogP contribution in [0, 0.1) is 0 Å². The van der Waals surface area contributed by atoms with Gasteiger partial charge in [-0.05, 0) is 79.9 Å². The van der Waals surface area contributed by atoms with E-state index in [1.807, 2.05) is 13.8 Å². The standard InChI is InChI=1S/C38H39N9O7.C2H6/c1-38(2,3)54-37(51)27-12-7-24(8-13-27)21-46(40)44-34(39)30-18-28(43-32-15-16-42-47(30)32)35(49)41-19-25-9-14-31-29(17-25)45(33(48)22-53-31)20-23-5-10-26(11-6-23)36(50)52-4;1-2/h5-18H,19-22,40H2,1-4H3,(H2,39,44)(H,41,49);1-2H3. The Labute approximate surface area is 324 Å². The lowest BCUT2D eigenvalue weighted by Crippen LogP contribution is -2.38. The molecule has 3 heterocycles. The zero-order chi connectivity index (χ0) is 40.6. The van der Waals surface area contributed by atoms with E-state index >= 15 is 0 Å². The van der Waals surface area contributed by atoms with Crippen molar-refractivity contribution in [1.82, 2.24) is 25.0 Å². The SMILES string of the molecule is CC.COC(=O)c1ccc(CN2C(=O)COc3ccc(CNC(=O)c4cc(/C(N)=N/N(N)Cc5ccc(C(=O)OC(C)(C)C)cc5)n5nccc5n4)cc32)cc1. The number of nitrogens with two attached hydrogens (primary N) is 2. The van der Waals surface area contributed by atoms with Gasteiger partial charge in [-0.2, -0.15) is 5.10 Å². The van der Waals surface area contributed by atoms with Gasteiger partial charge in [0.1, 0.15) is 22.7 Å². The minimum Gasteiger partial charge on any atom is -0.482 e. The van der Waals surface area contributed by atoms with Gasteiger partial charge in [-0.3, -0.25) is 9.59 Å². The Morgan fingerprint density at radius 1 is 0.929 bits per heavy atom. The summed E-state index contributed by atoms with van der Waals surface area (Å²) in [4.78, 5) is 56.6. The Bertz CT molecular complexity index is 2250. The van der Waals surface area contributed by atoms with E-state index in [4.69, 9.17) is 25.8 Å². The fourth-order valence-corrected chi connectivity index (χ4v) is 5.56. The molecule has 5 aromatic rings. The highest BCUT2D eigenvalue weighted by Gasteiger charge is 2.26. The van der Waals surface area contributed by atoms with Crippen molar-refractivity contribution in [3.05, 3.63) is 124 Å². The second-order valence-corrected chi connectivity index (χ2v) is 13.4. The lowest BCUT2D eigenvalue weighted by atomic mass is 10.1. The van der Waals surface area contributed by atoms with Crippen LogP contribution in [0.25, 0.3) is 5.65 Å². The van der Waals surface area contributed by atoms with Gasteiger partial charge in [0.15, 0.2) is 18.1 Å². The molecule has 0 saturated carbocycles. The molecular weight excluding hydrogens is 718 g/mol. The zero-order valence-electron chi connectivity index (χ0n) is 32.1. The normalized spacial score (nSPS) is 12.5. The van der Waals surface area contributed by atoms with Crippen LogP contribution in [-0.4, -0.2) is 68.6 Å². The molecule has 5 N–H and O–H groups in total. The van der Waals surface area contributed by atoms with Gasteiger partial charge in [0.2, 0.25) is 0 Å². The maximum Gasteiger partial charge on any atom is 0.338 e. The molecule has 0 bridgehead atoms. The highest BCUT2D eigenvalue weighted by atomic mass is 16.6. The van der Waals surface area contributed by atoms with Gasteiger partial charge >= 0.3 is 11.9 Å². The van der Waals surface area contributed by atoms with E-state index in [0.29, 0.717) is 33.8 Å². The molecule has 2 aromatic heterocycles. The van der Waals surface area contributed by atoms with Crippen molar-refractivity contribution in [1.29, 1.82) is 0 Å². The largest absolute Gasteiger partial charge is 0.482 e. The number of ether oxygens (including phenoxy) is 3. The number of esters is 2. The summed E-state index contributed by atoms with van der Waals surface area (Å²) in [6.07, 6.45) is 1.52. The van der Waals surface area contributed by atoms with Crippen molar-refractivity contribution in [3.8, 4) is 5.75 Å². The molecule has 2 amide bonds. The minimum absolute atomic E-state index is 0.0209. The maximum atomic E-state index is 13.4. The summed E-state index contributed by atoms with van der Waals surface area (Å²) < 4.78 is 17.3. The molecule has 3 aromatic carbocycles. The summed E-state index contributed by atoms with van der Waals surface area (Å²) in [5.41, 5.74) is 10.1. The van der Waals surface area contributed by atoms with Crippen molar-refractivity contribution in [2.45, 2.75) is 59.9 Å². The molecule has 6 rings (SSSR count). The summed E-state index contributed by atoms with van der Waals surface area (Å²) in [6, 6.07) is 22.0. The van der Waals surface area contributed by atoms with Crippen LogP contribution in [0.2, 0.25) is 0 Å². The quantitative estimate of drug-likeness (QED) is 0.0564. The number of hydrogen-bond acceptors (Lipinski definition) is 12. The second-order valence-electron chi connectivity index (χ2n) is 13.4. The second kappa shape index (κ2) is 17.6. The summed E-state index contributed by atoms with van der Waals surface area (Å²) >= 11 is 0. The average Bonchev–Trinajstić information content (AvgIpc) is 3.67.